The van der Waals surface area contributed by atoms with Crippen LogP contribution in [0.25, 0.3) is 5.57 Å². The van der Waals surface area contributed by atoms with Crippen LogP contribution < -0.4 is 5.32 Å². The molecule has 0 saturated heterocycles. The van der Waals surface area contributed by atoms with Gasteiger partial charge in [0.15, 0.2) is 0 Å². The predicted molar refractivity (Wildman–Crippen MR) is 52.6 cm³/mol. The molecule has 0 bridgehead atoms. The molecule has 0 atom stereocenters. The fourth-order valence-corrected chi connectivity index (χ4v) is 1.38. The maximum atomic E-state index is 11.2. The SMILES string of the molecule is O=C1C=C(c2ccc(Cl)cc2)C(=O)N1. The van der Waals surface area contributed by atoms with Gasteiger partial charge in [-0.25, -0.2) is 0 Å². The van der Waals surface area contributed by atoms with E-state index in [1.807, 2.05) is 0 Å². The van der Waals surface area contributed by atoms with E-state index in [1.54, 1.807) is 24.3 Å². The predicted octanol–water partition coefficient (Wildman–Crippen LogP) is 1.38. The molecule has 0 saturated carbocycles. The molecule has 1 aromatic rings. The highest BCUT2D eigenvalue weighted by atomic mass is 35.5. The molecule has 70 valence electrons. The molecular weight excluding hydrogens is 202 g/mol. The Morgan fingerprint density at radius 2 is 1.71 bits per heavy atom. The largest absolute Gasteiger partial charge is 0.289 e. The zero-order chi connectivity index (χ0) is 10.1. The summed E-state index contributed by atoms with van der Waals surface area (Å²) >= 11 is 5.70. The number of nitrogens with one attached hydrogen (secondary N) is 1. The highest BCUT2D eigenvalue weighted by Crippen LogP contribution is 2.19. The average Bonchev–Trinajstić information content (AvgIpc) is 2.47. The van der Waals surface area contributed by atoms with E-state index < -0.39 is 0 Å². The van der Waals surface area contributed by atoms with E-state index >= 15 is 0 Å². The Bertz CT molecular complexity index is 434. The van der Waals surface area contributed by atoms with Gasteiger partial charge in [-0.15, -0.1) is 0 Å². The van der Waals surface area contributed by atoms with Gasteiger partial charge in [-0.2, -0.15) is 0 Å². The molecular formula is C10H6ClNO2. The summed E-state index contributed by atoms with van der Waals surface area (Å²) in [4.78, 5) is 22.1. The van der Waals surface area contributed by atoms with Gasteiger partial charge in [0, 0.05) is 11.1 Å². The number of hydrogen-bond donors (Lipinski definition) is 1. The summed E-state index contributed by atoms with van der Waals surface area (Å²) in [6.07, 6.45) is 1.28. The van der Waals surface area contributed by atoms with Crippen LogP contribution in [0.5, 0.6) is 0 Å². The van der Waals surface area contributed by atoms with Gasteiger partial charge in [0.2, 0.25) is 0 Å². The van der Waals surface area contributed by atoms with Crippen LogP contribution >= 0.6 is 11.6 Å². The molecule has 1 aliphatic rings. The van der Waals surface area contributed by atoms with Crippen LogP contribution in [0, 0.1) is 0 Å². The van der Waals surface area contributed by atoms with Crippen molar-refractivity contribution in [2.45, 2.75) is 0 Å². The molecule has 2 rings (SSSR count). The summed E-state index contributed by atoms with van der Waals surface area (Å²) < 4.78 is 0. The average molecular weight is 208 g/mol. The molecule has 1 N–H and O–H groups in total. The summed E-state index contributed by atoms with van der Waals surface area (Å²) in [5.41, 5.74) is 1.07. The Labute approximate surface area is 85.4 Å². The number of carbonyl (C=O) groups is 2. The molecule has 0 radical (unpaired) electrons. The van der Waals surface area contributed by atoms with Gasteiger partial charge >= 0.3 is 0 Å². The molecule has 1 heterocycles. The first-order valence-electron chi connectivity index (χ1n) is 4.00. The van der Waals surface area contributed by atoms with Crippen LogP contribution in [0.4, 0.5) is 0 Å². The lowest BCUT2D eigenvalue weighted by molar-refractivity contribution is -0.123. The first-order chi connectivity index (χ1) is 6.66. The lowest BCUT2D eigenvalue weighted by Gasteiger charge is -1.99. The number of carbonyl (C=O) groups excluding carboxylic acids is 2. The van der Waals surface area contributed by atoms with Gasteiger partial charge in [0.25, 0.3) is 11.8 Å². The van der Waals surface area contributed by atoms with E-state index in [-0.39, 0.29) is 11.8 Å². The second kappa shape index (κ2) is 3.27. The quantitative estimate of drug-likeness (QED) is 0.708. The first kappa shape index (κ1) is 8.97. The van der Waals surface area contributed by atoms with Crippen molar-refractivity contribution in [3.05, 3.63) is 40.9 Å². The van der Waals surface area contributed by atoms with Crippen molar-refractivity contribution in [2.75, 3.05) is 0 Å². The van der Waals surface area contributed by atoms with Crippen molar-refractivity contribution in [3.63, 3.8) is 0 Å². The monoisotopic (exact) mass is 207 g/mol. The van der Waals surface area contributed by atoms with Crippen LogP contribution in [-0.2, 0) is 9.59 Å². The van der Waals surface area contributed by atoms with Crippen molar-refractivity contribution in [1.82, 2.24) is 5.32 Å². The normalized spacial score (nSPS) is 15.4. The highest BCUT2D eigenvalue weighted by Gasteiger charge is 2.21. The van der Waals surface area contributed by atoms with E-state index in [1.165, 1.54) is 6.08 Å². The molecule has 0 aromatic heterocycles. The van der Waals surface area contributed by atoms with Crippen LogP contribution in [0.2, 0.25) is 5.02 Å². The minimum absolute atomic E-state index is 0.364. The lowest BCUT2D eigenvalue weighted by Crippen LogP contribution is -2.21. The summed E-state index contributed by atoms with van der Waals surface area (Å²) in [6.45, 7) is 0. The minimum atomic E-state index is -0.375. The van der Waals surface area contributed by atoms with Crippen LogP contribution in [-0.4, -0.2) is 11.8 Å². The number of halogens is 1. The Morgan fingerprint density at radius 1 is 1.07 bits per heavy atom. The van der Waals surface area contributed by atoms with E-state index in [4.69, 9.17) is 11.6 Å². The minimum Gasteiger partial charge on any atom is -0.289 e. The van der Waals surface area contributed by atoms with Crippen molar-refractivity contribution < 1.29 is 9.59 Å². The molecule has 4 heteroatoms. The van der Waals surface area contributed by atoms with E-state index in [0.717, 1.165) is 0 Å². The van der Waals surface area contributed by atoms with Gasteiger partial charge in [0.05, 0.1) is 5.57 Å². The Balaban J connectivity index is 2.41. The molecule has 0 fully saturated rings. The molecule has 3 nitrogen and oxygen atoms in total. The van der Waals surface area contributed by atoms with Gasteiger partial charge in [0.1, 0.15) is 0 Å². The van der Waals surface area contributed by atoms with E-state index in [9.17, 15) is 9.59 Å². The Kier molecular flexibility index (Phi) is 2.09. The number of hydrogen-bond acceptors (Lipinski definition) is 2. The molecule has 14 heavy (non-hydrogen) atoms. The van der Waals surface area contributed by atoms with Crippen LogP contribution in [0.3, 0.4) is 0 Å². The van der Waals surface area contributed by atoms with Crippen LogP contribution in [0.15, 0.2) is 30.3 Å². The van der Waals surface area contributed by atoms with Gasteiger partial charge in [-0.3, -0.25) is 14.9 Å². The maximum absolute atomic E-state index is 11.2. The van der Waals surface area contributed by atoms with Crippen molar-refractivity contribution in [1.29, 1.82) is 0 Å². The molecule has 0 unspecified atom stereocenters. The number of benzene rings is 1. The second-order valence-corrected chi connectivity index (χ2v) is 3.32. The summed E-state index contributed by atoms with van der Waals surface area (Å²) in [6, 6.07) is 6.75. The fraction of sp³-hybridized carbons (Fsp3) is 0. The third kappa shape index (κ3) is 1.54. The van der Waals surface area contributed by atoms with Crippen molar-refractivity contribution >= 4 is 29.0 Å². The Hall–Kier alpha value is -1.61. The molecule has 1 aromatic carbocycles. The fourth-order valence-electron chi connectivity index (χ4n) is 1.26. The zero-order valence-corrected chi connectivity index (χ0v) is 7.84. The van der Waals surface area contributed by atoms with E-state index in [0.29, 0.717) is 16.2 Å². The van der Waals surface area contributed by atoms with E-state index in [2.05, 4.69) is 5.32 Å². The first-order valence-corrected chi connectivity index (χ1v) is 4.37. The second-order valence-electron chi connectivity index (χ2n) is 2.88. The van der Waals surface area contributed by atoms with Gasteiger partial charge in [-0.05, 0) is 17.7 Å². The zero-order valence-electron chi connectivity index (χ0n) is 7.08. The highest BCUT2D eigenvalue weighted by molar-refractivity contribution is 6.34. The number of amides is 2. The third-order valence-corrected chi connectivity index (χ3v) is 2.16. The van der Waals surface area contributed by atoms with Gasteiger partial charge < -0.3 is 0 Å². The summed E-state index contributed by atoms with van der Waals surface area (Å²) in [5.74, 6) is -0.739. The smallest absolute Gasteiger partial charge is 0.258 e. The third-order valence-electron chi connectivity index (χ3n) is 1.91. The van der Waals surface area contributed by atoms with Crippen molar-refractivity contribution in [2.24, 2.45) is 0 Å². The Morgan fingerprint density at radius 3 is 2.21 bits per heavy atom. The van der Waals surface area contributed by atoms with Crippen molar-refractivity contribution in [3.8, 4) is 0 Å². The number of rotatable bonds is 1. The molecule has 2 amide bonds. The maximum Gasteiger partial charge on any atom is 0.258 e. The summed E-state index contributed by atoms with van der Waals surface area (Å²) in [7, 11) is 0. The molecule has 0 spiro atoms. The topological polar surface area (TPSA) is 46.2 Å². The summed E-state index contributed by atoms with van der Waals surface area (Å²) in [5, 5.41) is 2.77. The standard InChI is InChI=1S/C10H6ClNO2/c11-7-3-1-6(2-4-7)8-5-9(13)12-10(8)14/h1-5H,(H,12,13,14). The lowest BCUT2D eigenvalue weighted by atomic mass is 10.1. The molecule has 0 aliphatic carbocycles. The molecule has 1 aliphatic heterocycles. The van der Waals surface area contributed by atoms with Crippen LogP contribution in [0.1, 0.15) is 5.56 Å². The van der Waals surface area contributed by atoms with Gasteiger partial charge in [-0.1, -0.05) is 23.7 Å². The number of imide groups is 1.